The molecular formula is C24H27N5O2. The van der Waals surface area contributed by atoms with Crippen LogP contribution < -0.4 is 10.6 Å². The fourth-order valence-corrected chi connectivity index (χ4v) is 3.95. The highest BCUT2D eigenvalue weighted by Crippen LogP contribution is 2.22. The van der Waals surface area contributed by atoms with E-state index < -0.39 is 0 Å². The zero-order valence-corrected chi connectivity index (χ0v) is 17.6. The fraction of sp³-hybridized carbons (Fsp3) is 0.292. The van der Waals surface area contributed by atoms with Crippen LogP contribution in [0, 0.1) is 0 Å². The standard InChI is InChI=1S/C24H27N5O2/c1-18(30)26-20-8-6-19(7-9-20)17-28-15-3-2-5-23(28)24(31)27-21-10-12-22(13-11-21)29-16-4-14-25-29/h4,6-14,16,23H,2-3,5,15,17H2,1H3,(H,26,30)(H,27,31)/t23-/m0/s1. The summed E-state index contributed by atoms with van der Waals surface area (Å²) in [5.74, 6) is -0.0559. The van der Waals surface area contributed by atoms with Crippen molar-refractivity contribution < 1.29 is 9.59 Å². The van der Waals surface area contributed by atoms with Crippen molar-refractivity contribution in [2.45, 2.75) is 38.8 Å². The molecule has 1 atom stereocenters. The van der Waals surface area contributed by atoms with Gasteiger partial charge in [0.25, 0.3) is 0 Å². The Balaban J connectivity index is 1.39. The molecule has 2 N–H and O–H groups in total. The number of aromatic nitrogens is 2. The van der Waals surface area contributed by atoms with Crippen LogP contribution in [0.15, 0.2) is 67.0 Å². The second kappa shape index (κ2) is 9.57. The molecule has 0 radical (unpaired) electrons. The molecule has 0 spiro atoms. The Morgan fingerprint density at radius 2 is 1.71 bits per heavy atom. The summed E-state index contributed by atoms with van der Waals surface area (Å²) in [6.45, 7) is 3.09. The number of piperidine rings is 1. The van der Waals surface area contributed by atoms with Gasteiger partial charge >= 0.3 is 0 Å². The molecule has 3 aromatic rings. The summed E-state index contributed by atoms with van der Waals surface area (Å²) in [6.07, 6.45) is 6.61. The zero-order chi connectivity index (χ0) is 21.6. The van der Waals surface area contributed by atoms with E-state index >= 15 is 0 Å². The largest absolute Gasteiger partial charge is 0.326 e. The summed E-state index contributed by atoms with van der Waals surface area (Å²) in [4.78, 5) is 26.5. The van der Waals surface area contributed by atoms with E-state index in [9.17, 15) is 9.59 Å². The van der Waals surface area contributed by atoms with Crippen molar-refractivity contribution in [2.24, 2.45) is 0 Å². The molecule has 160 valence electrons. The highest BCUT2D eigenvalue weighted by molar-refractivity contribution is 5.95. The molecule has 7 nitrogen and oxygen atoms in total. The van der Waals surface area contributed by atoms with Crippen LogP contribution in [0.25, 0.3) is 5.69 Å². The number of rotatable bonds is 6. The van der Waals surface area contributed by atoms with Crippen LogP contribution >= 0.6 is 0 Å². The maximum atomic E-state index is 13.0. The molecule has 0 aliphatic carbocycles. The van der Waals surface area contributed by atoms with Gasteiger partial charge in [-0.05, 0) is 67.4 Å². The summed E-state index contributed by atoms with van der Waals surface area (Å²) in [6, 6.07) is 17.2. The predicted molar refractivity (Wildman–Crippen MR) is 121 cm³/mol. The Bertz CT molecular complexity index is 1010. The number of carbonyl (C=O) groups is 2. The van der Waals surface area contributed by atoms with Crippen molar-refractivity contribution in [2.75, 3.05) is 17.2 Å². The zero-order valence-electron chi connectivity index (χ0n) is 17.6. The van der Waals surface area contributed by atoms with Crippen LogP contribution in [0.1, 0.15) is 31.7 Å². The number of benzene rings is 2. The molecule has 2 heterocycles. The second-order valence-electron chi connectivity index (χ2n) is 7.85. The molecule has 2 aromatic carbocycles. The van der Waals surface area contributed by atoms with Gasteiger partial charge in [0.05, 0.1) is 11.7 Å². The first-order valence-corrected chi connectivity index (χ1v) is 10.6. The van der Waals surface area contributed by atoms with E-state index in [0.29, 0.717) is 6.54 Å². The molecule has 0 unspecified atom stereocenters. The van der Waals surface area contributed by atoms with Crippen molar-refractivity contribution in [3.8, 4) is 5.69 Å². The number of hydrogen-bond acceptors (Lipinski definition) is 4. The third-order valence-electron chi connectivity index (χ3n) is 5.48. The molecule has 2 amide bonds. The number of anilines is 2. The molecule has 1 fully saturated rings. The normalized spacial score (nSPS) is 16.6. The number of nitrogens with zero attached hydrogens (tertiary/aromatic N) is 3. The monoisotopic (exact) mass is 417 g/mol. The van der Waals surface area contributed by atoms with Crippen LogP contribution in [0.3, 0.4) is 0 Å². The number of hydrogen-bond donors (Lipinski definition) is 2. The molecule has 7 heteroatoms. The number of nitrogens with one attached hydrogen (secondary N) is 2. The van der Waals surface area contributed by atoms with Crippen molar-refractivity contribution in [3.05, 3.63) is 72.6 Å². The molecular weight excluding hydrogens is 390 g/mol. The smallest absolute Gasteiger partial charge is 0.241 e. The van der Waals surface area contributed by atoms with Gasteiger partial charge in [-0.3, -0.25) is 14.5 Å². The number of amides is 2. The quantitative estimate of drug-likeness (QED) is 0.639. The second-order valence-corrected chi connectivity index (χ2v) is 7.85. The van der Waals surface area contributed by atoms with Gasteiger partial charge in [0.2, 0.25) is 11.8 Å². The average Bonchev–Trinajstić information content (AvgIpc) is 3.31. The lowest BCUT2D eigenvalue weighted by molar-refractivity contribution is -0.122. The summed E-state index contributed by atoms with van der Waals surface area (Å²) in [7, 11) is 0. The van der Waals surface area contributed by atoms with Gasteiger partial charge in [0, 0.05) is 37.2 Å². The highest BCUT2D eigenvalue weighted by Gasteiger charge is 2.28. The van der Waals surface area contributed by atoms with Gasteiger partial charge in [-0.2, -0.15) is 5.10 Å². The van der Waals surface area contributed by atoms with Crippen LogP contribution in [0.4, 0.5) is 11.4 Å². The van der Waals surface area contributed by atoms with E-state index in [0.717, 1.165) is 48.4 Å². The van der Waals surface area contributed by atoms with Crippen molar-refractivity contribution in [3.63, 3.8) is 0 Å². The fourth-order valence-electron chi connectivity index (χ4n) is 3.95. The van der Waals surface area contributed by atoms with E-state index in [-0.39, 0.29) is 17.9 Å². The minimum atomic E-state index is -0.158. The Morgan fingerprint density at radius 1 is 1.00 bits per heavy atom. The van der Waals surface area contributed by atoms with Gasteiger partial charge in [-0.15, -0.1) is 0 Å². The predicted octanol–water partition coefficient (Wildman–Crippen LogP) is 3.82. The minimum Gasteiger partial charge on any atom is -0.326 e. The first-order chi connectivity index (χ1) is 15.1. The molecule has 1 aromatic heterocycles. The SMILES string of the molecule is CC(=O)Nc1ccc(CN2CCCC[C@H]2C(=O)Nc2ccc(-n3cccn3)cc2)cc1. The molecule has 1 saturated heterocycles. The molecule has 1 aliphatic heterocycles. The highest BCUT2D eigenvalue weighted by atomic mass is 16.2. The molecule has 4 rings (SSSR count). The maximum absolute atomic E-state index is 13.0. The Morgan fingerprint density at radius 3 is 2.39 bits per heavy atom. The molecule has 0 saturated carbocycles. The molecule has 0 bridgehead atoms. The van der Waals surface area contributed by atoms with Gasteiger partial charge in [0.15, 0.2) is 0 Å². The Kier molecular flexibility index (Phi) is 6.43. The Labute approximate surface area is 182 Å². The lowest BCUT2D eigenvalue weighted by atomic mass is 10.00. The Hall–Kier alpha value is -3.45. The van der Waals surface area contributed by atoms with Crippen LogP contribution in [0.5, 0.6) is 0 Å². The summed E-state index contributed by atoms with van der Waals surface area (Å²) < 4.78 is 1.78. The van der Waals surface area contributed by atoms with Crippen LogP contribution in [-0.2, 0) is 16.1 Å². The molecule has 1 aliphatic rings. The topological polar surface area (TPSA) is 79.3 Å². The van der Waals surface area contributed by atoms with E-state index in [2.05, 4.69) is 20.6 Å². The van der Waals surface area contributed by atoms with Gasteiger partial charge in [-0.25, -0.2) is 4.68 Å². The van der Waals surface area contributed by atoms with Gasteiger partial charge in [0.1, 0.15) is 0 Å². The number of likely N-dealkylation sites (tertiary alicyclic amines) is 1. The van der Waals surface area contributed by atoms with E-state index in [4.69, 9.17) is 0 Å². The summed E-state index contributed by atoms with van der Waals surface area (Å²) in [5, 5.41) is 10.1. The van der Waals surface area contributed by atoms with E-state index in [1.165, 1.54) is 6.92 Å². The van der Waals surface area contributed by atoms with Crippen LogP contribution in [-0.4, -0.2) is 39.1 Å². The molecule has 31 heavy (non-hydrogen) atoms. The van der Waals surface area contributed by atoms with Crippen molar-refractivity contribution >= 4 is 23.2 Å². The van der Waals surface area contributed by atoms with Crippen molar-refractivity contribution in [1.29, 1.82) is 0 Å². The maximum Gasteiger partial charge on any atom is 0.241 e. The first-order valence-electron chi connectivity index (χ1n) is 10.6. The van der Waals surface area contributed by atoms with Gasteiger partial charge < -0.3 is 10.6 Å². The lowest BCUT2D eigenvalue weighted by Crippen LogP contribution is -2.46. The summed E-state index contributed by atoms with van der Waals surface area (Å²) >= 11 is 0. The minimum absolute atomic E-state index is 0.0291. The first kappa shape index (κ1) is 20.8. The average molecular weight is 418 g/mol. The summed E-state index contributed by atoms with van der Waals surface area (Å²) in [5.41, 5.74) is 3.64. The lowest BCUT2D eigenvalue weighted by Gasteiger charge is -2.34. The van der Waals surface area contributed by atoms with Crippen molar-refractivity contribution in [1.82, 2.24) is 14.7 Å². The van der Waals surface area contributed by atoms with E-state index in [1.807, 2.05) is 60.8 Å². The third-order valence-corrected chi connectivity index (χ3v) is 5.48. The van der Waals surface area contributed by atoms with E-state index in [1.54, 1.807) is 10.9 Å². The number of carbonyl (C=O) groups excluding carboxylic acids is 2. The third kappa shape index (κ3) is 5.38. The van der Waals surface area contributed by atoms with Gasteiger partial charge in [-0.1, -0.05) is 18.6 Å². The van der Waals surface area contributed by atoms with Crippen LogP contribution in [0.2, 0.25) is 0 Å².